The first-order valence-corrected chi connectivity index (χ1v) is 4.12. The molecule has 0 atom stereocenters. The number of hydrogen-bond acceptors (Lipinski definition) is 2. The van der Waals surface area contributed by atoms with Gasteiger partial charge in [-0.15, -0.1) is 0 Å². The Morgan fingerprint density at radius 3 is 2.83 bits per heavy atom. The lowest BCUT2D eigenvalue weighted by atomic mass is 9.97. The fourth-order valence-corrected chi connectivity index (χ4v) is 1.56. The molecule has 0 radical (unpaired) electrons. The van der Waals surface area contributed by atoms with E-state index in [1.807, 2.05) is 19.1 Å². The van der Waals surface area contributed by atoms with E-state index in [0.29, 0.717) is 0 Å². The molecule has 0 N–H and O–H groups in total. The lowest BCUT2D eigenvalue weighted by molar-refractivity contribution is 0.877. The summed E-state index contributed by atoms with van der Waals surface area (Å²) in [4.78, 5) is 4.18. The monoisotopic (exact) mass is 158 g/mol. The Balaban J connectivity index is 2.48. The molecule has 1 heterocycles. The van der Waals surface area contributed by atoms with Crippen LogP contribution in [0.1, 0.15) is 24.1 Å². The lowest BCUT2D eigenvalue weighted by Crippen LogP contribution is -2.05. The van der Waals surface area contributed by atoms with E-state index in [-0.39, 0.29) is 5.41 Å². The molecule has 1 aliphatic rings. The Morgan fingerprint density at radius 1 is 1.58 bits per heavy atom. The van der Waals surface area contributed by atoms with Crippen molar-refractivity contribution in [1.29, 1.82) is 5.26 Å². The van der Waals surface area contributed by atoms with Crippen LogP contribution >= 0.6 is 0 Å². The van der Waals surface area contributed by atoms with E-state index in [0.717, 1.165) is 24.1 Å². The van der Waals surface area contributed by atoms with Gasteiger partial charge in [-0.3, -0.25) is 4.98 Å². The maximum Gasteiger partial charge on any atom is 0.0841 e. The van der Waals surface area contributed by atoms with Crippen molar-refractivity contribution in [3.05, 3.63) is 29.6 Å². The quantitative estimate of drug-likeness (QED) is 0.626. The number of hydrogen-bond donors (Lipinski definition) is 0. The molecule has 1 aromatic rings. The van der Waals surface area contributed by atoms with Crippen molar-refractivity contribution in [2.24, 2.45) is 0 Å². The highest BCUT2D eigenvalue weighted by Gasteiger charge is 2.45. The molecule has 0 aromatic carbocycles. The van der Waals surface area contributed by atoms with Gasteiger partial charge in [0.05, 0.1) is 11.5 Å². The molecule has 0 saturated heterocycles. The molecule has 0 amide bonds. The molecular weight excluding hydrogens is 148 g/mol. The Bertz CT molecular complexity index is 345. The minimum absolute atomic E-state index is 0.182. The topological polar surface area (TPSA) is 36.7 Å². The van der Waals surface area contributed by atoms with Gasteiger partial charge in [-0.25, -0.2) is 0 Å². The average molecular weight is 158 g/mol. The van der Waals surface area contributed by atoms with E-state index in [2.05, 4.69) is 11.1 Å². The lowest BCUT2D eigenvalue weighted by Gasteiger charge is -2.07. The number of nitrogens with zero attached hydrogens (tertiary/aromatic N) is 2. The molecule has 1 fully saturated rings. The van der Waals surface area contributed by atoms with Gasteiger partial charge >= 0.3 is 0 Å². The van der Waals surface area contributed by atoms with Crippen LogP contribution in [0.2, 0.25) is 0 Å². The molecule has 0 bridgehead atoms. The first kappa shape index (κ1) is 7.30. The molecule has 1 aliphatic carbocycles. The summed E-state index contributed by atoms with van der Waals surface area (Å²) in [6, 6.07) is 6.28. The molecule has 1 aromatic heterocycles. The summed E-state index contributed by atoms with van der Waals surface area (Å²) in [6.07, 6.45) is 3.76. The Morgan fingerprint density at radius 2 is 2.33 bits per heavy atom. The van der Waals surface area contributed by atoms with Crippen LogP contribution in [0.25, 0.3) is 0 Å². The summed E-state index contributed by atoms with van der Waals surface area (Å²) in [5.74, 6) is 0. The second-order valence-electron chi connectivity index (χ2n) is 3.33. The fourth-order valence-electron chi connectivity index (χ4n) is 1.56. The van der Waals surface area contributed by atoms with E-state index in [1.54, 1.807) is 6.20 Å². The van der Waals surface area contributed by atoms with Crippen molar-refractivity contribution in [3.8, 4) is 6.07 Å². The molecule has 2 nitrogen and oxygen atoms in total. The Labute approximate surface area is 71.9 Å². The van der Waals surface area contributed by atoms with Crippen molar-refractivity contribution in [2.75, 3.05) is 0 Å². The van der Waals surface area contributed by atoms with Gasteiger partial charge in [0, 0.05) is 11.9 Å². The predicted molar refractivity (Wildman–Crippen MR) is 45.5 cm³/mol. The molecule has 0 aliphatic heterocycles. The number of aromatic nitrogens is 1. The third kappa shape index (κ3) is 0.902. The van der Waals surface area contributed by atoms with Crippen LogP contribution in [-0.2, 0) is 5.41 Å². The van der Waals surface area contributed by atoms with Crippen LogP contribution in [0.3, 0.4) is 0 Å². The summed E-state index contributed by atoms with van der Waals surface area (Å²) in [5, 5.41) is 8.96. The van der Waals surface area contributed by atoms with Crippen molar-refractivity contribution >= 4 is 0 Å². The molecule has 1 saturated carbocycles. The fraction of sp³-hybridized carbons (Fsp3) is 0.400. The zero-order valence-electron chi connectivity index (χ0n) is 7.04. The van der Waals surface area contributed by atoms with Gasteiger partial charge in [-0.2, -0.15) is 5.26 Å². The normalized spacial score (nSPS) is 18.3. The predicted octanol–water partition coefficient (Wildman–Crippen LogP) is 1.95. The molecule has 12 heavy (non-hydrogen) atoms. The third-order valence-corrected chi connectivity index (χ3v) is 2.49. The van der Waals surface area contributed by atoms with Gasteiger partial charge in [0.1, 0.15) is 0 Å². The highest BCUT2D eigenvalue weighted by Crippen LogP contribution is 2.48. The first-order chi connectivity index (χ1) is 5.78. The zero-order valence-corrected chi connectivity index (χ0v) is 7.04. The SMILES string of the molecule is Cc1ncccc1C1(C#N)CC1. The van der Waals surface area contributed by atoms with E-state index in [9.17, 15) is 0 Å². The maximum atomic E-state index is 8.96. The summed E-state index contributed by atoms with van der Waals surface area (Å²) >= 11 is 0. The van der Waals surface area contributed by atoms with E-state index >= 15 is 0 Å². The third-order valence-electron chi connectivity index (χ3n) is 2.49. The van der Waals surface area contributed by atoms with Crippen molar-refractivity contribution in [2.45, 2.75) is 25.2 Å². The van der Waals surface area contributed by atoms with Gasteiger partial charge in [-0.05, 0) is 31.4 Å². The number of aryl methyl sites for hydroxylation is 1. The van der Waals surface area contributed by atoms with Gasteiger partial charge in [-0.1, -0.05) is 6.07 Å². The van der Waals surface area contributed by atoms with Crippen LogP contribution in [-0.4, -0.2) is 4.98 Å². The first-order valence-electron chi connectivity index (χ1n) is 4.12. The standard InChI is InChI=1S/C10H10N2/c1-8-9(3-2-6-12-8)10(7-11)4-5-10/h2-3,6H,4-5H2,1H3. The van der Waals surface area contributed by atoms with E-state index < -0.39 is 0 Å². The highest BCUT2D eigenvalue weighted by molar-refractivity contribution is 5.40. The molecular formula is C10H10N2. The zero-order chi connectivity index (χ0) is 8.60. The van der Waals surface area contributed by atoms with E-state index in [4.69, 9.17) is 5.26 Å². The van der Waals surface area contributed by atoms with Crippen LogP contribution < -0.4 is 0 Å². The van der Waals surface area contributed by atoms with Gasteiger partial charge < -0.3 is 0 Å². The van der Waals surface area contributed by atoms with Gasteiger partial charge in [0.2, 0.25) is 0 Å². The maximum absolute atomic E-state index is 8.96. The van der Waals surface area contributed by atoms with Gasteiger partial charge in [0.25, 0.3) is 0 Å². The van der Waals surface area contributed by atoms with Gasteiger partial charge in [0.15, 0.2) is 0 Å². The smallest absolute Gasteiger partial charge is 0.0841 e. The summed E-state index contributed by atoms with van der Waals surface area (Å²) in [6.45, 7) is 1.97. The Hall–Kier alpha value is -1.36. The van der Waals surface area contributed by atoms with Crippen LogP contribution in [0.5, 0.6) is 0 Å². The van der Waals surface area contributed by atoms with Crippen molar-refractivity contribution in [1.82, 2.24) is 4.98 Å². The number of nitriles is 1. The minimum Gasteiger partial charge on any atom is -0.261 e. The molecule has 60 valence electrons. The van der Waals surface area contributed by atoms with Crippen molar-refractivity contribution < 1.29 is 0 Å². The number of pyridine rings is 1. The highest BCUT2D eigenvalue weighted by atomic mass is 14.7. The van der Waals surface area contributed by atoms with Crippen LogP contribution in [0, 0.1) is 18.3 Å². The second-order valence-corrected chi connectivity index (χ2v) is 3.33. The average Bonchev–Trinajstić information content (AvgIpc) is 2.86. The summed E-state index contributed by atoms with van der Waals surface area (Å²) < 4.78 is 0. The van der Waals surface area contributed by atoms with Crippen molar-refractivity contribution in [3.63, 3.8) is 0 Å². The second kappa shape index (κ2) is 2.31. The summed E-state index contributed by atoms with van der Waals surface area (Å²) in [7, 11) is 0. The largest absolute Gasteiger partial charge is 0.261 e. The summed E-state index contributed by atoms with van der Waals surface area (Å²) in [5.41, 5.74) is 1.93. The van der Waals surface area contributed by atoms with Crippen LogP contribution in [0.4, 0.5) is 0 Å². The van der Waals surface area contributed by atoms with Crippen LogP contribution in [0.15, 0.2) is 18.3 Å². The molecule has 0 unspecified atom stereocenters. The molecule has 0 spiro atoms. The Kier molecular flexibility index (Phi) is 1.41. The minimum atomic E-state index is -0.182. The van der Waals surface area contributed by atoms with E-state index in [1.165, 1.54) is 0 Å². The molecule has 2 rings (SSSR count). The molecule has 2 heteroatoms. The number of rotatable bonds is 1.